The van der Waals surface area contributed by atoms with Crippen molar-refractivity contribution in [2.75, 3.05) is 7.11 Å². The summed E-state index contributed by atoms with van der Waals surface area (Å²) in [6, 6.07) is 2.26. The first-order valence-corrected chi connectivity index (χ1v) is 4.19. The average molecular weight is 226 g/mol. The van der Waals surface area contributed by atoms with E-state index >= 15 is 0 Å². The average Bonchev–Trinajstić information content (AvgIpc) is 2.15. The van der Waals surface area contributed by atoms with Gasteiger partial charge in [0.15, 0.2) is 0 Å². The van der Waals surface area contributed by atoms with Gasteiger partial charge in [-0.3, -0.25) is 0 Å². The smallest absolute Gasteiger partial charge is 0.433 e. The van der Waals surface area contributed by atoms with E-state index < -0.39 is 11.9 Å². The van der Waals surface area contributed by atoms with Gasteiger partial charge < -0.3 is 4.74 Å². The molecule has 2 nitrogen and oxygen atoms in total. The maximum atomic E-state index is 12.3. The van der Waals surface area contributed by atoms with Crippen LogP contribution in [0.15, 0.2) is 12.1 Å². The summed E-state index contributed by atoms with van der Waals surface area (Å²) in [6.07, 6.45) is -4.48. The molecule has 0 amide bonds. The minimum absolute atomic E-state index is 0.0119. The molecule has 1 aromatic heterocycles. The second kappa shape index (κ2) is 4.04. The highest BCUT2D eigenvalue weighted by molar-refractivity contribution is 6.17. The van der Waals surface area contributed by atoms with Crippen molar-refractivity contribution in [1.82, 2.24) is 4.98 Å². The molecule has 0 aliphatic carbocycles. The Morgan fingerprint density at radius 2 is 2.07 bits per heavy atom. The van der Waals surface area contributed by atoms with E-state index in [1.165, 1.54) is 13.2 Å². The predicted molar refractivity (Wildman–Crippen MR) is 45.3 cm³/mol. The molecule has 1 rings (SSSR count). The molecule has 0 aliphatic rings. The van der Waals surface area contributed by atoms with Crippen LogP contribution in [0.5, 0.6) is 5.88 Å². The molecule has 14 heavy (non-hydrogen) atoms. The molecule has 0 spiro atoms. The number of alkyl halides is 4. The molecule has 0 aromatic carbocycles. The molecule has 0 saturated heterocycles. The molecule has 0 unspecified atom stereocenters. The Balaban J connectivity index is 3.17. The van der Waals surface area contributed by atoms with E-state index in [2.05, 4.69) is 9.72 Å². The maximum absolute atomic E-state index is 12.3. The molecule has 0 fully saturated rings. The molecule has 6 heteroatoms. The molecule has 0 N–H and O–H groups in total. The van der Waals surface area contributed by atoms with Gasteiger partial charge in [0, 0.05) is 11.9 Å². The highest BCUT2D eigenvalue weighted by atomic mass is 35.5. The van der Waals surface area contributed by atoms with Crippen LogP contribution in [0.3, 0.4) is 0 Å². The van der Waals surface area contributed by atoms with Crippen LogP contribution in [0.1, 0.15) is 11.3 Å². The van der Waals surface area contributed by atoms with Crippen molar-refractivity contribution < 1.29 is 17.9 Å². The van der Waals surface area contributed by atoms with Crippen molar-refractivity contribution in [3.05, 3.63) is 23.4 Å². The summed E-state index contributed by atoms with van der Waals surface area (Å²) in [4.78, 5) is 3.27. The van der Waals surface area contributed by atoms with Gasteiger partial charge in [0.05, 0.1) is 7.11 Å². The van der Waals surface area contributed by atoms with Gasteiger partial charge in [0.25, 0.3) is 0 Å². The minimum Gasteiger partial charge on any atom is -0.481 e. The van der Waals surface area contributed by atoms with E-state index in [9.17, 15) is 13.2 Å². The van der Waals surface area contributed by atoms with Gasteiger partial charge in [-0.2, -0.15) is 13.2 Å². The fourth-order valence-electron chi connectivity index (χ4n) is 0.886. The molecular formula is C8H7ClF3NO. The third-order valence-corrected chi connectivity index (χ3v) is 1.82. The monoisotopic (exact) mass is 225 g/mol. The lowest BCUT2D eigenvalue weighted by atomic mass is 10.2. The lowest BCUT2D eigenvalue weighted by Crippen LogP contribution is -2.09. The van der Waals surface area contributed by atoms with Crippen molar-refractivity contribution in [2.45, 2.75) is 12.1 Å². The van der Waals surface area contributed by atoms with Crippen LogP contribution in [0.25, 0.3) is 0 Å². The third kappa shape index (κ3) is 2.51. The van der Waals surface area contributed by atoms with Gasteiger partial charge in [-0.15, -0.1) is 11.6 Å². The lowest BCUT2D eigenvalue weighted by Gasteiger charge is -2.08. The summed E-state index contributed by atoms with van der Waals surface area (Å²) in [5.74, 6) is -0.0995. The Labute approximate surface area is 83.7 Å². The molecular weight excluding hydrogens is 219 g/mol. The zero-order valence-corrected chi connectivity index (χ0v) is 7.99. The molecule has 0 radical (unpaired) electrons. The van der Waals surface area contributed by atoms with E-state index in [1.807, 2.05) is 0 Å². The number of aromatic nitrogens is 1. The van der Waals surface area contributed by atoms with Crippen LogP contribution in [0, 0.1) is 0 Å². The predicted octanol–water partition coefficient (Wildman–Crippen LogP) is 2.85. The number of methoxy groups -OCH3 is 1. The number of hydrogen-bond donors (Lipinski definition) is 0. The quantitative estimate of drug-likeness (QED) is 0.722. The zero-order chi connectivity index (χ0) is 10.8. The van der Waals surface area contributed by atoms with Gasteiger partial charge in [-0.05, 0) is 11.6 Å². The molecule has 1 aromatic rings. The highest BCUT2D eigenvalue weighted by Gasteiger charge is 2.33. The van der Waals surface area contributed by atoms with E-state index in [0.29, 0.717) is 5.56 Å². The van der Waals surface area contributed by atoms with Crippen LogP contribution >= 0.6 is 11.6 Å². The van der Waals surface area contributed by atoms with Crippen molar-refractivity contribution in [3.8, 4) is 5.88 Å². The van der Waals surface area contributed by atoms with Gasteiger partial charge in [-0.25, -0.2) is 4.98 Å². The topological polar surface area (TPSA) is 22.1 Å². The van der Waals surface area contributed by atoms with Crippen LogP contribution in [-0.4, -0.2) is 12.1 Å². The number of rotatable bonds is 2. The van der Waals surface area contributed by atoms with Gasteiger partial charge in [0.2, 0.25) is 5.88 Å². The first kappa shape index (κ1) is 11.1. The number of ether oxygens (including phenoxy) is 1. The molecule has 0 aliphatic heterocycles. The summed E-state index contributed by atoms with van der Waals surface area (Å²) in [6.45, 7) is 0. The SMILES string of the molecule is COc1cc(CCl)cc(C(F)(F)F)n1. The van der Waals surface area contributed by atoms with E-state index in [-0.39, 0.29) is 11.8 Å². The second-order valence-corrected chi connectivity index (χ2v) is 2.80. The molecule has 78 valence electrons. The number of hydrogen-bond acceptors (Lipinski definition) is 2. The first-order valence-electron chi connectivity index (χ1n) is 3.65. The van der Waals surface area contributed by atoms with Crippen molar-refractivity contribution in [2.24, 2.45) is 0 Å². The van der Waals surface area contributed by atoms with Crippen LogP contribution < -0.4 is 4.74 Å². The fourth-order valence-corrected chi connectivity index (χ4v) is 1.04. The lowest BCUT2D eigenvalue weighted by molar-refractivity contribution is -0.141. The summed E-state index contributed by atoms with van der Waals surface area (Å²) >= 11 is 5.43. The van der Waals surface area contributed by atoms with Gasteiger partial charge in [-0.1, -0.05) is 0 Å². The van der Waals surface area contributed by atoms with E-state index in [1.54, 1.807) is 0 Å². The van der Waals surface area contributed by atoms with Crippen LogP contribution in [-0.2, 0) is 12.1 Å². The standard InChI is InChI=1S/C8H7ClF3NO/c1-14-7-3-5(4-9)2-6(13-7)8(10,11)12/h2-3H,4H2,1H3. The summed E-state index contributed by atoms with van der Waals surface area (Å²) in [7, 11) is 1.25. The van der Waals surface area contributed by atoms with Gasteiger partial charge >= 0.3 is 6.18 Å². The zero-order valence-electron chi connectivity index (χ0n) is 7.23. The maximum Gasteiger partial charge on any atom is 0.433 e. The van der Waals surface area contributed by atoms with Crippen molar-refractivity contribution >= 4 is 11.6 Å². The summed E-state index contributed by atoms with van der Waals surface area (Å²) in [5, 5.41) is 0. The molecule has 0 saturated carbocycles. The summed E-state index contributed by atoms with van der Waals surface area (Å²) in [5.41, 5.74) is -0.668. The van der Waals surface area contributed by atoms with Crippen molar-refractivity contribution in [1.29, 1.82) is 0 Å². The second-order valence-electron chi connectivity index (χ2n) is 2.53. The Kier molecular flexibility index (Phi) is 3.21. The Morgan fingerprint density at radius 1 is 1.43 bits per heavy atom. The Bertz CT molecular complexity index is 305. The third-order valence-electron chi connectivity index (χ3n) is 1.52. The van der Waals surface area contributed by atoms with Gasteiger partial charge in [0.1, 0.15) is 5.69 Å². The minimum atomic E-state index is -4.48. The molecule has 0 atom stereocenters. The highest BCUT2D eigenvalue weighted by Crippen LogP contribution is 2.30. The van der Waals surface area contributed by atoms with E-state index in [4.69, 9.17) is 11.6 Å². The molecule has 1 heterocycles. The Hall–Kier alpha value is -0.970. The number of pyridine rings is 1. The molecule has 0 bridgehead atoms. The number of nitrogens with zero attached hydrogens (tertiary/aromatic N) is 1. The van der Waals surface area contributed by atoms with Crippen LogP contribution in [0.2, 0.25) is 0 Å². The normalized spacial score (nSPS) is 11.5. The first-order chi connectivity index (χ1) is 6.47. The Morgan fingerprint density at radius 3 is 2.50 bits per heavy atom. The largest absolute Gasteiger partial charge is 0.481 e. The van der Waals surface area contributed by atoms with E-state index in [0.717, 1.165) is 6.07 Å². The van der Waals surface area contributed by atoms with Crippen molar-refractivity contribution in [3.63, 3.8) is 0 Å². The van der Waals surface area contributed by atoms with Crippen LogP contribution in [0.4, 0.5) is 13.2 Å². The summed E-state index contributed by atoms with van der Waals surface area (Å²) < 4.78 is 41.4. The number of halogens is 4. The fraction of sp³-hybridized carbons (Fsp3) is 0.375.